The lowest BCUT2D eigenvalue weighted by Crippen LogP contribution is -2.12. The first-order valence-corrected chi connectivity index (χ1v) is 4.62. The number of rotatable bonds is 4. The van der Waals surface area contributed by atoms with Crippen molar-refractivity contribution >= 4 is 0 Å². The Kier molecular flexibility index (Phi) is 3.90. The molecule has 1 nitrogen and oxygen atoms in total. The summed E-state index contributed by atoms with van der Waals surface area (Å²) in [5.41, 5.74) is 0.656. The Morgan fingerprint density at radius 1 is 1.31 bits per heavy atom. The van der Waals surface area contributed by atoms with Gasteiger partial charge in [0.15, 0.2) is 0 Å². The van der Waals surface area contributed by atoms with E-state index in [0.717, 1.165) is 6.42 Å². The lowest BCUT2D eigenvalue weighted by Gasteiger charge is -2.14. The van der Waals surface area contributed by atoms with Crippen LogP contribution >= 0.6 is 0 Å². The third kappa shape index (κ3) is 2.81. The predicted octanol–water partition coefficient (Wildman–Crippen LogP) is 2.86. The van der Waals surface area contributed by atoms with Crippen molar-refractivity contribution in [3.8, 4) is 0 Å². The zero-order chi connectivity index (χ0) is 9.68. The summed E-state index contributed by atoms with van der Waals surface area (Å²) in [6, 6.07) is 8.94. The first-order chi connectivity index (χ1) is 6.25. The van der Waals surface area contributed by atoms with Crippen molar-refractivity contribution in [2.45, 2.75) is 32.0 Å². The van der Waals surface area contributed by atoms with Crippen molar-refractivity contribution in [3.63, 3.8) is 0 Å². The van der Waals surface area contributed by atoms with Gasteiger partial charge in [-0.05, 0) is 12.0 Å². The molecule has 72 valence electrons. The third-order valence-corrected chi connectivity index (χ3v) is 2.05. The number of aliphatic hydroxyl groups excluding tert-OH is 1. The van der Waals surface area contributed by atoms with E-state index in [0.29, 0.717) is 12.0 Å². The van der Waals surface area contributed by atoms with Crippen LogP contribution in [-0.2, 0) is 0 Å². The van der Waals surface area contributed by atoms with Gasteiger partial charge in [-0.15, -0.1) is 0 Å². The molecule has 1 aromatic carbocycles. The zero-order valence-electron chi connectivity index (χ0n) is 7.78. The molecule has 0 radical (unpaired) electrons. The molecule has 0 amide bonds. The monoisotopic (exact) mass is 182 g/mol. The van der Waals surface area contributed by atoms with Gasteiger partial charge in [-0.25, -0.2) is 4.39 Å². The molecule has 1 N–H and O–H groups in total. The predicted molar refractivity (Wildman–Crippen MR) is 51.2 cm³/mol. The van der Waals surface area contributed by atoms with Gasteiger partial charge in [0, 0.05) is 0 Å². The summed E-state index contributed by atoms with van der Waals surface area (Å²) in [5.74, 6) is 0. The highest BCUT2D eigenvalue weighted by molar-refractivity contribution is 5.18. The van der Waals surface area contributed by atoms with Crippen molar-refractivity contribution in [2.75, 3.05) is 0 Å². The number of halogens is 1. The fraction of sp³-hybridized carbons (Fsp3) is 0.455. The molecule has 0 heterocycles. The molecule has 0 aliphatic heterocycles. The molecule has 1 rings (SSSR count). The molecule has 13 heavy (non-hydrogen) atoms. The summed E-state index contributed by atoms with van der Waals surface area (Å²) in [4.78, 5) is 0. The van der Waals surface area contributed by atoms with E-state index in [1.165, 1.54) is 0 Å². The summed E-state index contributed by atoms with van der Waals surface area (Å²) < 4.78 is 13.2. The Bertz CT molecular complexity index is 235. The van der Waals surface area contributed by atoms with E-state index in [1.54, 1.807) is 24.3 Å². The summed E-state index contributed by atoms with van der Waals surface area (Å²) in [6.45, 7) is 1.91. The maximum Gasteiger partial charge on any atom is 0.130 e. The molecule has 2 unspecified atom stereocenters. The van der Waals surface area contributed by atoms with Crippen molar-refractivity contribution < 1.29 is 9.50 Å². The second kappa shape index (κ2) is 4.97. The van der Waals surface area contributed by atoms with Crippen LogP contribution in [0.3, 0.4) is 0 Å². The Balaban J connectivity index is 2.62. The Morgan fingerprint density at radius 3 is 2.46 bits per heavy atom. The van der Waals surface area contributed by atoms with Crippen molar-refractivity contribution in [2.24, 2.45) is 0 Å². The van der Waals surface area contributed by atoms with Gasteiger partial charge in [0.25, 0.3) is 0 Å². The van der Waals surface area contributed by atoms with E-state index in [-0.39, 0.29) is 0 Å². The van der Waals surface area contributed by atoms with Crippen LogP contribution in [0.4, 0.5) is 4.39 Å². The van der Waals surface area contributed by atoms with Gasteiger partial charge in [-0.3, -0.25) is 0 Å². The lowest BCUT2D eigenvalue weighted by molar-refractivity contribution is 0.0720. The number of hydrogen-bond acceptors (Lipinski definition) is 1. The fourth-order valence-corrected chi connectivity index (χ4v) is 1.29. The average Bonchev–Trinajstić information content (AvgIpc) is 2.18. The molecule has 0 spiro atoms. The molecule has 0 aliphatic rings. The van der Waals surface area contributed by atoms with Gasteiger partial charge in [0.1, 0.15) is 12.3 Å². The summed E-state index contributed by atoms with van der Waals surface area (Å²) in [6.07, 6.45) is -0.949. The van der Waals surface area contributed by atoms with Crippen molar-refractivity contribution in [1.82, 2.24) is 0 Å². The van der Waals surface area contributed by atoms with E-state index in [4.69, 9.17) is 0 Å². The molecule has 1 aromatic rings. The molecule has 0 aromatic heterocycles. The fourth-order valence-electron chi connectivity index (χ4n) is 1.29. The normalized spacial score (nSPS) is 15.3. The van der Waals surface area contributed by atoms with Crippen LogP contribution in [0.25, 0.3) is 0 Å². The minimum atomic E-state index is -1.15. The first kappa shape index (κ1) is 10.2. The second-order valence-electron chi connectivity index (χ2n) is 3.16. The van der Waals surface area contributed by atoms with Crippen LogP contribution < -0.4 is 0 Å². The standard InChI is InChI=1S/C11H15FO/c1-2-6-10(12)11(13)9-7-4-3-5-8-9/h3-5,7-8,10-11,13H,2,6H2,1H3. The number of aliphatic hydroxyl groups is 1. The van der Waals surface area contributed by atoms with Crippen LogP contribution in [0, 0.1) is 0 Å². The average molecular weight is 182 g/mol. The summed E-state index contributed by atoms with van der Waals surface area (Å²) >= 11 is 0. The van der Waals surface area contributed by atoms with Crippen LogP contribution in [0.1, 0.15) is 31.4 Å². The van der Waals surface area contributed by atoms with E-state index >= 15 is 0 Å². The van der Waals surface area contributed by atoms with Crippen LogP contribution in [0.2, 0.25) is 0 Å². The molecule has 2 atom stereocenters. The summed E-state index contributed by atoms with van der Waals surface area (Å²) in [7, 11) is 0. The van der Waals surface area contributed by atoms with Crippen LogP contribution in [-0.4, -0.2) is 11.3 Å². The largest absolute Gasteiger partial charge is 0.385 e. The van der Waals surface area contributed by atoms with Crippen LogP contribution in [0.5, 0.6) is 0 Å². The van der Waals surface area contributed by atoms with Gasteiger partial charge < -0.3 is 5.11 Å². The minimum absolute atomic E-state index is 0.413. The van der Waals surface area contributed by atoms with Crippen molar-refractivity contribution in [1.29, 1.82) is 0 Å². The molecular formula is C11H15FO. The Hall–Kier alpha value is -0.890. The number of alkyl halides is 1. The topological polar surface area (TPSA) is 20.2 Å². The third-order valence-electron chi connectivity index (χ3n) is 2.05. The highest BCUT2D eigenvalue weighted by atomic mass is 19.1. The molecule has 0 bridgehead atoms. The van der Waals surface area contributed by atoms with Crippen molar-refractivity contribution in [3.05, 3.63) is 35.9 Å². The van der Waals surface area contributed by atoms with E-state index < -0.39 is 12.3 Å². The van der Waals surface area contributed by atoms with Gasteiger partial charge >= 0.3 is 0 Å². The van der Waals surface area contributed by atoms with E-state index in [1.807, 2.05) is 13.0 Å². The van der Waals surface area contributed by atoms with Gasteiger partial charge in [0.2, 0.25) is 0 Å². The zero-order valence-corrected chi connectivity index (χ0v) is 7.78. The first-order valence-electron chi connectivity index (χ1n) is 4.62. The molecule has 0 saturated carbocycles. The van der Waals surface area contributed by atoms with Crippen LogP contribution in [0.15, 0.2) is 30.3 Å². The Labute approximate surface area is 78.2 Å². The highest BCUT2D eigenvalue weighted by Gasteiger charge is 2.18. The quantitative estimate of drug-likeness (QED) is 0.759. The molecule has 0 fully saturated rings. The molecule has 2 heteroatoms. The van der Waals surface area contributed by atoms with Gasteiger partial charge in [-0.2, -0.15) is 0 Å². The SMILES string of the molecule is CCCC(F)C(O)c1ccccc1. The maximum absolute atomic E-state index is 13.2. The molecule has 0 saturated heterocycles. The maximum atomic E-state index is 13.2. The Morgan fingerprint density at radius 2 is 1.92 bits per heavy atom. The number of benzene rings is 1. The molecular weight excluding hydrogens is 167 g/mol. The van der Waals surface area contributed by atoms with E-state index in [9.17, 15) is 9.50 Å². The minimum Gasteiger partial charge on any atom is -0.385 e. The smallest absolute Gasteiger partial charge is 0.130 e. The number of hydrogen-bond donors (Lipinski definition) is 1. The van der Waals surface area contributed by atoms with E-state index in [2.05, 4.69) is 0 Å². The molecule has 0 aliphatic carbocycles. The second-order valence-corrected chi connectivity index (χ2v) is 3.16. The lowest BCUT2D eigenvalue weighted by atomic mass is 10.0. The van der Waals surface area contributed by atoms with Gasteiger partial charge in [-0.1, -0.05) is 43.7 Å². The highest BCUT2D eigenvalue weighted by Crippen LogP contribution is 2.21. The summed E-state index contributed by atoms with van der Waals surface area (Å²) in [5, 5.41) is 9.55. The van der Waals surface area contributed by atoms with Gasteiger partial charge in [0.05, 0.1) is 0 Å².